The lowest BCUT2D eigenvalue weighted by Gasteiger charge is -2.16. The number of unbranched alkanes of at least 4 members (excludes halogenated alkanes) is 1. The van der Waals surface area contributed by atoms with Gasteiger partial charge in [0, 0.05) is 15.8 Å². The van der Waals surface area contributed by atoms with Crippen LogP contribution in [0.25, 0.3) is 0 Å². The molecular weight excluding hydrogens is 518 g/mol. The molecule has 0 aliphatic carbocycles. The Kier molecular flexibility index (Phi) is 10.6. The van der Waals surface area contributed by atoms with E-state index in [1.54, 1.807) is 6.21 Å². The lowest BCUT2D eigenvalue weighted by Crippen LogP contribution is -2.06. The summed E-state index contributed by atoms with van der Waals surface area (Å²) in [5, 5.41) is 8.62. The van der Waals surface area contributed by atoms with Gasteiger partial charge < -0.3 is 15.2 Å². The summed E-state index contributed by atoms with van der Waals surface area (Å²) in [4.78, 5) is 0. The van der Waals surface area contributed by atoms with E-state index in [1.807, 2.05) is 31.2 Å². The van der Waals surface area contributed by atoms with Crippen LogP contribution in [0, 0.1) is 0 Å². The van der Waals surface area contributed by atoms with Gasteiger partial charge >= 0.3 is 0 Å². The zero-order chi connectivity index (χ0) is 21.1. The van der Waals surface area contributed by atoms with Crippen molar-refractivity contribution in [2.24, 2.45) is 15.9 Å². The van der Waals surface area contributed by atoms with Crippen LogP contribution in [0.5, 0.6) is 11.5 Å². The first-order valence-electron chi connectivity index (χ1n) is 9.37. The number of hydrogen-bond acceptors (Lipinski definition) is 5. The highest BCUT2D eigenvalue weighted by Crippen LogP contribution is 2.42. The van der Waals surface area contributed by atoms with Crippen molar-refractivity contribution in [3.8, 4) is 11.5 Å². The molecule has 0 bridgehead atoms. The Balaban J connectivity index is 2.11. The van der Waals surface area contributed by atoms with E-state index < -0.39 is 0 Å². The minimum absolute atomic E-state index is 0.407. The van der Waals surface area contributed by atoms with Gasteiger partial charge in [0.1, 0.15) is 0 Å². The first kappa shape index (κ1) is 23.8. The molecule has 0 heterocycles. The van der Waals surface area contributed by atoms with Gasteiger partial charge in [0.05, 0.1) is 23.9 Å². The Bertz CT molecular complexity index is 846. The molecule has 0 saturated carbocycles. The number of rotatable bonds is 10. The largest absolute Gasteiger partial charge is 0.490 e. The van der Waals surface area contributed by atoms with E-state index in [1.165, 1.54) is 17.3 Å². The summed E-state index contributed by atoms with van der Waals surface area (Å²) in [5.74, 6) is 2.10. The number of nitrogens with two attached hydrogens (primary N) is 1. The second kappa shape index (κ2) is 12.9. The van der Waals surface area contributed by atoms with E-state index in [-0.39, 0.29) is 0 Å². The van der Waals surface area contributed by atoms with Crippen molar-refractivity contribution in [1.82, 2.24) is 0 Å². The molecule has 2 aromatic rings. The van der Waals surface area contributed by atoms with Gasteiger partial charge in [0.2, 0.25) is 0 Å². The number of benzene rings is 2. The fraction of sp³-hybridized carbons (Fsp3) is 0.333. The number of nitrogens with zero attached hydrogens (tertiary/aromatic N) is 2. The minimum Gasteiger partial charge on any atom is -0.490 e. The smallest absolute Gasteiger partial charge is 0.180 e. The molecule has 5 nitrogen and oxygen atoms in total. The number of halogens is 2. The highest BCUT2D eigenvalue weighted by atomic mass is 79.9. The molecular formula is C21H25Br2N3O2S. The molecule has 0 fully saturated rings. The van der Waals surface area contributed by atoms with Crippen LogP contribution in [0.1, 0.15) is 37.8 Å². The third kappa shape index (κ3) is 7.68. The van der Waals surface area contributed by atoms with Crippen LogP contribution in [0.15, 0.2) is 55.5 Å². The SMILES string of the molecule is CCCCOc1c(OCC)cc(C=NN=C(N)SCc2ccccc2)c(Br)c1Br. The topological polar surface area (TPSA) is 69.2 Å². The average molecular weight is 543 g/mol. The molecule has 156 valence electrons. The molecule has 0 saturated heterocycles. The molecule has 8 heteroatoms. The maximum absolute atomic E-state index is 5.96. The number of hydrogen-bond donors (Lipinski definition) is 1. The molecule has 0 aliphatic rings. The lowest BCUT2D eigenvalue weighted by atomic mass is 10.2. The molecule has 2 N–H and O–H groups in total. The number of ether oxygens (including phenoxy) is 2. The van der Waals surface area contributed by atoms with E-state index in [9.17, 15) is 0 Å². The van der Waals surface area contributed by atoms with Crippen molar-refractivity contribution < 1.29 is 9.47 Å². The van der Waals surface area contributed by atoms with Gasteiger partial charge in [0.15, 0.2) is 16.7 Å². The summed E-state index contributed by atoms with van der Waals surface area (Å²) >= 11 is 8.64. The van der Waals surface area contributed by atoms with Crippen LogP contribution in [-0.2, 0) is 5.75 Å². The Morgan fingerprint density at radius 2 is 1.90 bits per heavy atom. The molecule has 0 amide bonds. The molecule has 0 unspecified atom stereocenters. The van der Waals surface area contributed by atoms with Gasteiger partial charge in [-0.15, -0.1) is 5.10 Å². The molecule has 0 aliphatic heterocycles. The molecule has 2 rings (SSSR count). The molecule has 0 radical (unpaired) electrons. The Labute approximate surface area is 193 Å². The van der Waals surface area contributed by atoms with Gasteiger partial charge in [0.25, 0.3) is 0 Å². The van der Waals surface area contributed by atoms with E-state index in [2.05, 4.69) is 61.1 Å². The normalized spacial score (nSPS) is 11.8. The monoisotopic (exact) mass is 541 g/mol. The van der Waals surface area contributed by atoms with Gasteiger partial charge in [-0.25, -0.2) is 0 Å². The summed E-state index contributed by atoms with van der Waals surface area (Å²) < 4.78 is 13.3. The fourth-order valence-corrected chi connectivity index (χ4v) is 3.87. The molecule has 2 aromatic carbocycles. The number of thioether (sulfide) groups is 1. The van der Waals surface area contributed by atoms with Gasteiger partial charge in [-0.2, -0.15) is 5.10 Å². The van der Waals surface area contributed by atoms with Crippen LogP contribution in [0.4, 0.5) is 0 Å². The zero-order valence-electron chi connectivity index (χ0n) is 16.5. The predicted octanol–water partition coefficient (Wildman–Crippen LogP) is 6.37. The first-order valence-corrected chi connectivity index (χ1v) is 11.9. The standard InChI is InChI=1S/C21H25Br2N3O2S/c1-3-5-11-28-20-17(27-4-2)12-16(18(22)19(20)23)13-25-26-21(24)29-14-15-9-7-6-8-10-15/h6-10,12-13H,3-5,11,14H2,1-2H3,(H2,24,26). The quantitative estimate of drug-likeness (QED) is 0.164. The van der Waals surface area contributed by atoms with Gasteiger partial charge in [-0.3, -0.25) is 0 Å². The number of amidine groups is 1. The van der Waals surface area contributed by atoms with Crippen molar-refractivity contribution in [1.29, 1.82) is 0 Å². The summed E-state index contributed by atoms with van der Waals surface area (Å²) in [7, 11) is 0. The fourth-order valence-electron chi connectivity index (χ4n) is 2.32. The molecule has 0 atom stereocenters. The van der Waals surface area contributed by atoms with Gasteiger partial charge in [-0.1, -0.05) is 55.4 Å². The van der Waals surface area contributed by atoms with Crippen LogP contribution in [-0.4, -0.2) is 24.6 Å². The second-order valence-corrected chi connectivity index (χ2v) is 8.59. The van der Waals surface area contributed by atoms with Crippen LogP contribution in [0.3, 0.4) is 0 Å². The van der Waals surface area contributed by atoms with Crippen molar-refractivity contribution in [2.45, 2.75) is 32.4 Å². The van der Waals surface area contributed by atoms with Crippen molar-refractivity contribution in [2.75, 3.05) is 13.2 Å². The van der Waals surface area contributed by atoms with Crippen molar-refractivity contribution >= 4 is 55.0 Å². The predicted molar refractivity (Wildman–Crippen MR) is 130 cm³/mol. The summed E-state index contributed by atoms with van der Waals surface area (Å²) in [6.07, 6.45) is 3.69. The van der Waals surface area contributed by atoms with Crippen molar-refractivity contribution in [3.05, 3.63) is 56.5 Å². The lowest BCUT2D eigenvalue weighted by molar-refractivity contribution is 0.271. The van der Waals surface area contributed by atoms with E-state index in [0.29, 0.717) is 29.9 Å². The van der Waals surface area contributed by atoms with Crippen LogP contribution < -0.4 is 15.2 Å². The summed E-state index contributed by atoms with van der Waals surface area (Å²) in [6, 6.07) is 12.0. The highest BCUT2D eigenvalue weighted by molar-refractivity contribution is 9.13. The van der Waals surface area contributed by atoms with E-state index in [4.69, 9.17) is 15.2 Å². The Morgan fingerprint density at radius 1 is 1.14 bits per heavy atom. The van der Waals surface area contributed by atoms with Gasteiger partial charge in [-0.05, 0) is 56.8 Å². The Hall–Kier alpha value is -1.51. The van der Waals surface area contributed by atoms with Crippen LogP contribution >= 0.6 is 43.6 Å². The Morgan fingerprint density at radius 3 is 2.59 bits per heavy atom. The third-order valence-corrected chi connectivity index (χ3v) is 6.78. The second-order valence-electron chi connectivity index (χ2n) is 6.01. The van der Waals surface area contributed by atoms with E-state index in [0.717, 1.165) is 33.1 Å². The highest BCUT2D eigenvalue weighted by Gasteiger charge is 2.16. The summed E-state index contributed by atoms with van der Waals surface area (Å²) in [5.41, 5.74) is 7.96. The van der Waals surface area contributed by atoms with Crippen LogP contribution in [0.2, 0.25) is 0 Å². The minimum atomic E-state index is 0.407. The van der Waals surface area contributed by atoms with Crippen molar-refractivity contribution in [3.63, 3.8) is 0 Å². The molecule has 0 aromatic heterocycles. The maximum Gasteiger partial charge on any atom is 0.180 e. The van der Waals surface area contributed by atoms with E-state index >= 15 is 0 Å². The third-order valence-electron chi connectivity index (χ3n) is 3.78. The maximum atomic E-state index is 5.96. The summed E-state index contributed by atoms with van der Waals surface area (Å²) in [6.45, 7) is 5.24. The first-order chi connectivity index (χ1) is 14.1. The molecule has 29 heavy (non-hydrogen) atoms. The average Bonchev–Trinajstić information content (AvgIpc) is 2.73. The zero-order valence-corrected chi connectivity index (χ0v) is 20.5. The molecule has 0 spiro atoms.